The first-order chi connectivity index (χ1) is 9.08. The number of hydrogen-bond donors (Lipinski definition) is 1. The monoisotopic (exact) mass is 260 g/mol. The molecule has 0 bridgehead atoms. The Morgan fingerprint density at radius 3 is 2.63 bits per heavy atom. The van der Waals surface area contributed by atoms with Gasteiger partial charge in [0.25, 0.3) is 0 Å². The Kier molecular flexibility index (Phi) is 5.00. The molecular weight excluding hydrogens is 232 g/mol. The van der Waals surface area contributed by atoms with E-state index in [1.807, 2.05) is 0 Å². The molecule has 1 aromatic carbocycles. The van der Waals surface area contributed by atoms with E-state index >= 15 is 0 Å². The largest absolute Gasteiger partial charge is 0.312 e. The van der Waals surface area contributed by atoms with Crippen LogP contribution in [0.2, 0.25) is 0 Å². The molecule has 1 unspecified atom stereocenters. The van der Waals surface area contributed by atoms with Crippen LogP contribution in [0.3, 0.4) is 0 Å². The second kappa shape index (κ2) is 6.53. The van der Waals surface area contributed by atoms with Crippen molar-refractivity contribution in [3.8, 4) is 0 Å². The molecule has 1 atom stereocenters. The van der Waals surface area contributed by atoms with Crippen molar-refractivity contribution in [1.29, 1.82) is 0 Å². The van der Waals surface area contributed by atoms with Crippen LogP contribution in [-0.4, -0.2) is 30.6 Å². The van der Waals surface area contributed by atoms with E-state index in [9.17, 15) is 0 Å². The van der Waals surface area contributed by atoms with E-state index in [4.69, 9.17) is 0 Å². The summed E-state index contributed by atoms with van der Waals surface area (Å²) < 4.78 is 0. The Morgan fingerprint density at radius 2 is 1.95 bits per heavy atom. The zero-order chi connectivity index (χ0) is 13.8. The number of fused-ring (bicyclic) bond motifs is 1. The van der Waals surface area contributed by atoms with Crippen LogP contribution in [0.4, 0.5) is 0 Å². The van der Waals surface area contributed by atoms with Gasteiger partial charge in [0.15, 0.2) is 0 Å². The summed E-state index contributed by atoms with van der Waals surface area (Å²) in [6.07, 6.45) is 0. The van der Waals surface area contributed by atoms with Crippen molar-refractivity contribution in [2.75, 3.05) is 19.6 Å². The lowest BCUT2D eigenvalue weighted by atomic mass is 9.90. The fraction of sp³-hybridized carbons (Fsp3) is 0.647. The van der Waals surface area contributed by atoms with Crippen molar-refractivity contribution >= 4 is 0 Å². The van der Waals surface area contributed by atoms with Gasteiger partial charge in [-0.2, -0.15) is 0 Å². The summed E-state index contributed by atoms with van der Waals surface area (Å²) in [7, 11) is 0. The summed E-state index contributed by atoms with van der Waals surface area (Å²) in [5.41, 5.74) is 3.03. The number of hydrogen-bond acceptors (Lipinski definition) is 2. The maximum Gasteiger partial charge on any atom is 0.0208 e. The minimum Gasteiger partial charge on any atom is -0.312 e. The molecule has 19 heavy (non-hydrogen) atoms. The summed E-state index contributed by atoms with van der Waals surface area (Å²) in [6.45, 7) is 13.7. The van der Waals surface area contributed by atoms with Gasteiger partial charge in [-0.05, 0) is 30.9 Å². The molecule has 0 aliphatic carbocycles. The molecule has 1 aromatic rings. The summed E-state index contributed by atoms with van der Waals surface area (Å²) in [5, 5.41) is 3.56. The first-order valence-corrected chi connectivity index (χ1v) is 7.60. The summed E-state index contributed by atoms with van der Waals surface area (Å²) in [6, 6.07) is 9.53. The molecule has 1 aliphatic rings. The van der Waals surface area contributed by atoms with Crippen molar-refractivity contribution < 1.29 is 0 Å². The van der Waals surface area contributed by atoms with Crippen molar-refractivity contribution in [2.24, 2.45) is 5.92 Å². The van der Waals surface area contributed by atoms with Gasteiger partial charge < -0.3 is 10.2 Å². The molecule has 1 aliphatic heterocycles. The van der Waals surface area contributed by atoms with Gasteiger partial charge in [-0.1, -0.05) is 38.1 Å². The van der Waals surface area contributed by atoms with Crippen molar-refractivity contribution in [3.63, 3.8) is 0 Å². The SMILES string of the molecule is CC(C)CN(CC1CNCc2ccccc21)C(C)C. The molecule has 1 heterocycles. The lowest BCUT2D eigenvalue weighted by molar-refractivity contribution is 0.182. The van der Waals surface area contributed by atoms with E-state index in [2.05, 4.69) is 62.2 Å². The Bertz CT molecular complexity index is 398. The minimum atomic E-state index is 0.622. The highest BCUT2D eigenvalue weighted by atomic mass is 15.2. The fourth-order valence-corrected chi connectivity index (χ4v) is 3.00. The molecule has 0 spiro atoms. The van der Waals surface area contributed by atoms with Gasteiger partial charge in [-0.25, -0.2) is 0 Å². The number of nitrogens with zero attached hydrogens (tertiary/aromatic N) is 1. The van der Waals surface area contributed by atoms with Crippen LogP contribution in [0.15, 0.2) is 24.3 Å². The Labute approximate surface area is 118 Å². The molecular formula is C17H28N2. The number of benzene rings is 1. The molecule has 2 heteroatoms. The highest BCUT2D eigenvalue weighted by Crippen LogP contribution is 2.25. The van der Waals surface area contributed by atoms with E-state index in [0.717, 1.165) is 19.0 Å². The van der Waals surface area contributed by atoms with Gasteiger partial charge >= 0.3 is 0 Å². The smallest absolute Gasteiger partial charge is 0.0208 e. The third kappa shape index (κ3) is 3.80. The summed E-state index contributed by atoms with van der Waals surface area (Å²) in [5.74, 6) is 1.36. The second-order valence-electron chi connectivity index (χ2n) is 6.47. The Balaban J connectivity index is 2.10. The third-order valence-corrected chi connectivity index (χ3v) is 3.99. The summed E-state index contributed by atoms with van der Waals surface area (Å²) >= 11 is 0. The van der Waals surface area contributed by atoms with E-state index in [1.165, 1.54) is 18.7 Å². The topological polar surface area (TPSA) is 15.3 Å². The maximum absolute atomic E-state index is 3.56. The molecule has 0 aromatic heterocycles. The molecule has 1 N–H and O–H groups in total. The van der Waals surface area contributed by atoms with Crippen LogP contribution in [0, 0.1) is 5.92 Å². The first-order valence-electron chi connectivity index (χ1n) is 7.60. The zero-order valence-corrected chi connectivity index (χ0v) is 12.8. The number of nitrogens with one attached hydrogen (secondary N) is 1. The average Bonchev–Trinajstić information content (AvgIpc) is 2.37. The average molecular weight is 260 g/mol. The lowest BCUT2D eigenvalue weighted by Crippen LogP contribution is -2.41. The predicted octanol–water partition coefficient (Wildman–Crippen LogP) is 3.24. The van der Waals surface area contributed by atoms with Gasteiger partial charge in [0.1, 0.15) is 0 Å². The zero-order valence-electron chi connectivity index (χ0n) is 12.8. The lowest BCUT2D eigenvalue weighted by Gasteiger charge is -2.35. The van der Waals surface area contributed by atoms with Crippen LogP contribution in [0.5, 0.6) is 0 Å². The minimum absolute atomic E-state index is 0.622. The molecule has 0 saturated heterocycles. The van der Waals surface area contributed by atoms with Gasteiger partial charge in [0.05, 0.1) is 0 Å². The summed E-state index contributed by atoms with van der Waals surface area (Å²) in [4.78, 5) is 2.62. The Morgan fingerprint density at radius 1 is 1.21 bits per heavy atom. The van der Waals surface area contributed by atoms with Crippen LogP contribution in [0.1, 0.15) is 44.7 Å². The Hall–Kier alpha value is -0.860. The van der Waals surface area contributed by atoms with Crippen LogP contribution < -0.4 is 5.32 Å². The quantitative estimate of drug-likeness (QED) is 0.874. The van der Waals surface area contributed by atoms with Gasteiger partial charge in [-0.3, -0.25) is 0 Å². The molecule has 2 nitrogen and oxygen atoms in total. The normalized spacial score (nSPS) is 19.2. The predicted molar refractivity (Wildman–Crippen MR) is 82.4 cm³/mol. The van der Waals surface area contributed by atoms with Crippen LogP contribution >= 0.6 is 0 Å². The molecule has 0 amide bonds. The highest BCUT2D eigenvalue weighted by Gasteiger charge is 2.23. The van der Waals surface area contributed by atoms with Crippen molar-refractivity contribution in [3.05, 3.63) is 35.4 Å². The first kappa shape index (κ1) is 14.5. The van der Waals surface area contributed by atoms with Gasteiger partial charge in [0, 0.05) is 38.1 Å². The molecule has 106 valence electrons. The molecule has 2 rings (SSSR count). The van der Waals surface area contributed by atoms with Gasteiger partial charge in [-0.15, -0.1) is 0 Å². The standard InChI is InChI=1S/C17H28N2/c1-13(2)11-19(14(3)4)12-16-10-18-9-15-7-5-6-8-17(15)16/h5-8,13-14,16,18H,9-12H2,1-4H3. The van der Waals surface area contributed by atoms with E-state index < -0.39 is 0 Å². The molecule has 0 radical (unpaired) electrons. The highest BCUT2D eigenvalue weighted by molar-refractivity contribution is 5.32. The molecule has 0 saturated carbocycles. The van der Waals surface area contributed by atoms with Crippen LogP contribution in [-0.2, 0) is 6.54 Å². The number of rotatable bonds is 5. The van der Waals surface area contributed by atoms with Gasteiger partial charge in [0.2, 0.25) is 0 Å². The van der Waals surface area contributed by atoms with E-state index in [-0.39, 0.29) is 0 Å². The maximum atomic E-state index is 3.56. The van der Waals surface area contributed by atoms with E-state index in [1.54, 1.807) is 5.56 Å². The van der Waals surface area contributed by atoms with Crippen molar-refractivity contribution in [1.82, 2.24) is 10.2 Å². The second-order valence-corrected chi connectivity index (χ2v) is 6.47. The third-order valence-electron chi connectivity index (χ3n) is 3.99. The fourth-order valence-electron chi connectivity index (χ4n) is 3.00. The molecule has 0 fully saturated rings. The van der Waals surface area contributed by atoms with Crippen LogP contribution in [0.25, 0.3) is 0 Å². The van der Waals surface area contributed by atoms with Crippen molar-refractivity contribution in [2.45, 2.75) is 46.2 Å². The van der Waals surface area contributed by atoms with E-state index in [0.29, 0.717) is 12.0 Å².